The van der Waals surface area contributed by atoms with Gasteiger partial charge in [0.05, 0.1) is 12.3 Å². The van der Waals surface area contributed by atoms with Gasteiger partial charge in [-0.25, -0.2) is 4.98 Å². The molecule has 0 atom stereocenters. The van der Waals surface area contributed by atoms with E-state index in [4.69, 9.17) is 10.5 Å². The Balaban J connectivity index is 1.82. The normalized spacial score (nSPS) is 17.0. The zero-order chi connectivity index (χ0) is 15.1. The van der Waals surface area contributed by atoms with Gasteiger partial charge in [0.15, 0.2) is 0 Å². The van der Waals surface area contributed by atoms with E-state index in [9.17, 15) is 0 Å². The lowest BCUT2D eigenvalue weighted by molar-refractivity contribution is 0.326. The first-order valence-electron chi connectivity index (χ1n) is 7.57. The summed E-state index contributed by atoms with van der Waals surface area (Å²) in [4.78, 5) is 11.3. The molecule has 1 fully saturated rings. The van der Waals surface area contributed by atoms with E-state index < -0.39 is 0 Å². The molecule has 0 bridgehead atoms. The lowest BCUT2D eigenvalue weighted by atomic mass is 10.0. The maximum absolute atomic E-state index is 5.97. The fourth-order valence-electron chi connectivity index (χ4n) is 3.09. The molecule has 0 radical (unpaired) electrons. The summed E-state index contributed by atoms with van der Waals surface area (Å²) >= 11 is 0. The summed E-state index contributed by atoms with van der Waals surface area (Å²) < 4.78 is 5.86. The lowest BCUT2D eigenvalue weighted by Crippen LogP contribution is -2.57. The maximum Gasteiger partial charge on any atom is 0.222 e. The molecule has 3 heterocycles. The molecule has 1 aromatic carbocycles. The number of likely N-dealkylation sites (N-methyl/N-ethyl adjacent to an activating group) is 1. The zero-order valence-electron chi connectivity index (χ0n) is 12.5. The first kappa shape index (κ1) is 13.3. The average Bonchev–Trinajstić information content (AvgIpc) is 2.66. The summed E-state index contributed by atoms with van der Waals surface area (Å²) in [6.45, 7) is 2.53. The molecule has 114 valence electrons. The standard InChI is InChI=1S/C16H19N5O/c1-18-10-8-21(9-10)15-12-6-7-22-13-5-3-2-4-11(13)14(12)19-16(17)20-15/h2-5,10,18H,6-9H2,1H3,(H2,17,19,20). The summed E-state index contributed by atoms with van der Waals surface area (Å²) in [7, 11) is 1.99. The summed E-state index contributed by atoms with van der Waals surface area (Å²) in [5, 5.41) is 3.28. The van der Waals surface area contributed by atoms with Gasteiger partial charge < -0.3 is 20.7 Å². The van der Waals surface area contributed by atoms with Gasteiger partial charge in [-0.05, 0) is 19.2 Å². The first-order valence-corrected chi connectivity index (χ1v) is 7.57. The van der Waals surface area contributed by atoms with Gasteiger partial charge >= 0.3 is 0 Å². The number of nitrogens with one attached hydrogen (secondary N) is 1. The fraction of sp³-hybridized carbons (Fsp3) is 0.375. The molecule has 0 amide bonds. The van der Waals surface area contributed by atoms with E-state index in [0.717, 1.165) is 47.9 Å². The third-order valence-electron chi connectivity index (χ3n) is 4.34. The quantitative estimate of drug-likeness (QED) is 0.863. The average molecular weight is 297 g/mol. The van der Waals surface area contributed by atoms with Crippen molar-refractivity contribution in [2.75, 3.05) is 37.4 Å². The van der Waals surface area contributed by atoms with E-state index in [1.807, 2.05) is 31.3 Å². The number of hydrogen-bond acceptors (Lipinski definition) is 6. The van der Waals surface area contributed by atoms with Gasteiger partial charge in [-0.3, -0.25) is 0 Å². The van der Waals surface area contributed by atoms with E-state index in [1.165, 1.54) is 0 Å². The number of para-hydroxylation sites is 1. The van der Waals surface area contributed by atoms with Crippen molar-refractivity contribution in [2.24, 2.45) is 0 Å². The molecule has 0 spiro atoms. The largest absolute Gasteiger partial charge is 0.493 e. The Morgan fingerprint density at radius 2 is 2.09 bits per heavy atom. The number of aromatic nitrogens is 2. The van der Waals surface area contributed by atoms with Gasteiger partial charge in [0.1, 0.15) is 11.6 Å². The third-order valence-corrected chi connectivity index (χ3v) is 4.34. The number of rotatable bonds is 2. The zero-order valence-corrected chi connectivity index (χ0v) is 12.5. The second-order valence-electron chi connectivity index (χ2n) is 5.72. The van der Waals surface area contributed by atoms with Crippen LogP contribution in [0.5, 0.6) is 5.75 Å². The van der Waals surface area contributed by atoms with Crippen molar-refractivity contribution in [3.63, 3.8) is 0 Å². The molecule has 6 heteroatoms. The lowest BCUT2D eigenvalue weighted by Gasteiger charge is -2.41. The summed E-state index contributed by atoms with van der Waals surface area (Å²) in [5.41, 5.74) is 9.00. The number of nitrogen functional groups attached to an aromatic ring is 1. The van der Waals surface area contributed by atoms with Crippen molar-refractivity contribution >= 4 is 11.8 Å². The minimum Gasteiger partial charge on any atom is -0.493 e. The molecule has 2 aromatic rings. The Bertz CT molecular complexity index is 712. The van der Waals surface area contributed by atoms with Crippen molar-refractivity contribution in [3.8, 4) is 17.0 Å². The number of nitrogens with zero attached hydrogens (tertiary/aromatic N) is 3. The second kappa shape index (κ2) is 5.14. The van der Waals surface area contributed by atoms with Crippen LogP contribution in [-0.4, -0.2) is 42.8 Å². The van der Waals surface area contributed by atoms with Crippen molar-refractivity contribution in [1.29, 1.82) is 0 Å². The van der Waals surface area contributed by atoms with Gasteiger partial charge in [0.2, 0.25) is 5.95 Å². The number of fused-ring (bicyclic) bond motifs is 3. The third kappa shape index (κ3) is 2.07. The van der Waals surface area contributed by atoms with Crippen LogP contribution in [0.1, 0.15) is 5.56 Å². The molecule has 0 aliphatic carbocycles. The van der Waals surface area contributed by atoms with Crippen LogP contribution < -0.4 is 20.7 Å². The van der Waals surface area contributed by atoms with Crippen LogP contribution in [0.2, 0.25) is 0 Å². The molecule has 4 rings (SSSR count). The number of anilines is 2. The van der Waals surface area contributed by atoms with E-state index in [1.54, 1.807) is 0 Å². The summed E-state index contributed by atoms with van der Waals surface area (Å²) in [5.74, 6) is 2.13. The molecule has 2 aliphatic heterocycles. The molecule has 3 N–H and O–H groups in total. The van der Waals surface area contributed by atoms with E-state index in [0.29, 0.717) is 18.6 Å². The Morgan fingerprint density at radius 1 is 1.27 bits per heavy atom. The predicted molar refractivity (Wildman–Crippen MR) is 86.1 cm³/mol. The highest BCUT2D eigenvalue weighted by Crippen LogP contribution is 2.38. The number of hydrogen-bond donors (Lipinski definition) is 2. The summed E-state index contributed by atoms with van der Waals surface area (Å²) in [6, 6.07) is 8.49. The van der Waals surface area contributed by atoms with Gasteiger partial charge in [-0.1, -0.05) is 12.1 Å². The maximum atomic E-state index is 5.97. The van der Waals surface area contributed by atoms with Gasteiger partial charge in [0, 0.05) is 36.7 Å². The molecular weight excluding hydrogens is 278 g/mol. The summed E-state index contributed by atoms with van der Waals surface area (Å²) in [6.07, 6.45) is 0.792. The fourth-order valence-corrected chi connectivity index (χ4v) is 3.09. The number of benzene rings is 1. The SMILES string of the molecule is CNC1CN(c2nc(N)nc3c2CCOc2ccccc2-3)C1. The van der Waals surface area contributed by atoms with Crippen LogP contribution in [0, 0.1) is 0 Å². The van der Waals surface area contributed by atoms with E-state index in [2.05, 4.69) is 20.2 Å². The molecule has 0 unspecified atom stereocenters. The topological polar surface area (TPSA) is 76.3 Å². The Kier molecular flexibility index (Phi) is 3.11. The molecule has 2 aliphatic rings. The Labute approximate surface area is 129 Å². The van der Waals surface area contributed by atoms with Crippen LogP contribution in [0.15, 0.2) is 24.3 Å². The second-order valence-corrected chi connectivity index (χ2v) is 5.72. The van der Waals surface area contributed by atoms with Crippen molar-refractivity contribution in [3.05, 3.63) is 29.8 Å². The molecule has 6 nitrogen and oxygen atoms in total. The predicted octanol–water partition coefficient (Wildman–Crippen LogP) is 1.07. The number of ether oxygens (including phenoxy) is 1. The molecular formula is C16H19N5O. The smallest absolute Gasteiger partial charge is 0.222 e. The molecule has 22 heavy (non-hydrogen) atoms. The highest BCUT2D eigenvalue weighted by molar-refractivity contribution is 5.76. The van der Waals surface area contributed by atoms with E-state index in [-0.39, 0.29) is 0 Å². The highest BCUT2D eigenvalue weighted by Gasteiger charge is 2.31. The molecule has 0 saturated carbocycles. The van der Waals surface area contributed by atoms with Gasteiger partial charge in [-0.15, -0.1) is 0 Å². The molecule has 1 aromatic heterocycles. The first-order chi connectivity index (χ1) is 10.8. The monoisotopic (exact) mass is 297 g/mol. The van der Waals surface area contributed by atoms with Crippen LogP contribution >= 0.6 is 0 Å². The minimum atomic E-state index is 0.318. The van der Waals surface area contributed by atoms with Crippen LogP contribution in [0.4, 0.5) is 11.8 Å². The number of nitrogens with two attached hydrogens (primary N) is 1. The van der Waals surface area contributed by atoms with Crippen LogP contribution in [-0.2, 0) is 6.42 Å². The Hall–Kier alpha value is -2.34. The van der Waals surface area contributed by atoms with Gasteiger partial charge in [0.25, 0.3) is 0 Å². The van der Waals surface area contributed by atoms with Gasteiger partial charge in [-0.2, -0.15) is 4.98 Å². The Morgan fingerprint density at radius 3 is 2.91 bits per heavy atom. The highest BCUT2D eigenvalue weighted by atomic mass is 16.5. The molecule has 1 saturated heterocycles. The van der Waals surface area contributed by atoms with Crippen molar-refractivity contribution < 1.29 is 4.74 Å². The van der Waals surface area contributed by atoms with Crippen molar-refractivity contribution in [2.45, 2.75) is 12.5 Å². The van der Waals surface area contributed by atoms with Crippen LogP contribution in [0.25, 0.3) is 11.3 Å². The van der Waals surface area contributed by atoms with Crippen molar-refractivity contribution in [1.82, 2.24) is 15.3 Å². The van der Waals surface area contributed by atoms with Crippen LogP contribution in [0.3, 0.4) is 0 Å². The minimum absolute atomic E-state index is 0.318. The van der Waals surface area contributed by atoms with E-state index >= 15 is 0 Å².